The van der Waals surface area contributed by atoms with Gasteiger partial charge in [0.1, 0.15) is 23.3 Å². The van der Waals surface area contributed by atoms with E-state index in [1.807, 2.05) is 31.5 Å². The van der Waals surface area contributed by atoms with Crippen LogP contribution in [0.15, 0.2) is 12.4 Å². The fourth-order valence-electron chi connectivity index (χ4n) is 1.56. The summed E-state index contributed by atoms with van der Waals surface area (Å²) in [4.78, 5) is 12.9. The van der Waals surface area contributed by atoms with Crippen molar-refractivity contribution in [2.75, 3.05) is 5.73 Å². The summed E-state index contributed by atoms with van der Waals surface area (Å²) < 4.78 is 1.92. The van der Waals surface area contributed by atoms with Crippen LogP contribution in [0.5, 0.6) is 0 Å². The van der Waals surface area contributed by atoms with E-state index >= 15 is 0 Å². The lowest BCUT2D eigenvalue weighted by atomic mass is 10.3. The van der Waals surface area contributed by atoms with E-state index in [1.54, 1.807) is 6.20 Å². The first kappa shape index (κ1) is 10.6. The number of aryl methyl sites for hydroxylation is 2. The molecule has 0 bridgehead atoms. The summed E-state index contributed by atoms with van der Waals surface area (Å²) in [7, 11) is 0. The van der Waals surface area contributed by atoms with Gasteiger partial charge in [-0.25, -0.2) is 15.0 Å². The predicted octanol–water partition coefficient (Wildman–Crippen LogP) is 1.42. The van der Waals surface area contributed by atoms with Gasteiger partial charge in [-0.3, -0.25) is 4.57 Å². The van der Waals surface area contributed by atoms with Crippen molar-refractivity contribution in [3.8, 4) is 5.82 Å². The molecule has 0 atom stereocenters. The van der Waals surface area contributed by atoms with E-state index < -0.39 is 0 Å². The molecule has 0 saturated carbocycles. The third-order valence-electron chi connectivity index (χ3n) is 2.57. The highest BCUT2D eigenvalue weighted by Gasteiger charge is 2.10. The highest BCUT2D eigenvalue weighted by Crippen LogP contribution is 2.17. The highest BCUT2D eigenvalue weighted by molar-refractivity contribution is 5.48. The van der Waals surface area contributed by atoms with Crippen LogP contribution < -0.4 is 5.73 Å². The summed E-state index contributed by atoms with van der Waals surface area (Å²) in [5.74, 6) is 3.00. The van der Waals surface area contributed by atoms with Crippen LogP contribution in [0.1, 0.15) is 24.1 Å². The van der Waals surface area contributed by atoms with Crippen molar-refractivity contribution < 1.29 is 0 Å². The molecule has 0 fully saturated rings. The van der Waals surface area contributed by atoms with Crippen LogP contribution >= 0.6 is 0 Å². The number of anilines is 1. The fraction of sp³-hybridized carbons (Fsp3) is 0.364. The molecule has 84 valence electrons. The highest BCUT2D eigenvalue weighted by atomic mass is 15.1. The maximum atomic E-state index is 5.87. The Labute approximate surface area is 94.4 Å². The number of rotatable bonds is 2. The zero-order chi connectivity index (χ0) is 11.7. The average molecular weight is 217 g/mol. The number of imidazole rings is 1. The van der Waals surface area contributed by atoms with Gasteiger partial charge >= 0.3 is 0 Å². The molecule has 0 saturated heterocycles. The molecule has 2 aromatic heterocycles. The van der Waals surface area contributed by atoms with E-state index in [0.29, 0.717) is 5.82 Å². The second-order valence-electron chi connectivity index (χ2n) is 3.67. The fourth-order valence-corrected chi connectivity index (χ4v) is 1.56. The lowest BCUT2D eigenvalue weighted by molar-refractivity contribution is 0.858. The summed E-state index contributed by atoms with van der Waals surface area (Å²) in [6, 6.07) is 0. The standard InChI is InChI=1S/C11H15N5/c1-4-9-14-10(12)7(2)11(15-9)16-6-5-13-8(16)3/h5-6H,4H2,1-3H3,(H2,12,14,15). The van der Waals surface area contributed by atoms with Gasteiger partial charge in [-0.15, -0.1) is 0 Å². The number of hydrogen-bond acceptors (Lipinski definition) is 4. The zero-order valence-corrected chi connectivity index (χ0v) is 9.73. The minimum Gasteiger partial charge on any atom is -0.383 e. The molecule has 0 amide bonds. The van der Waals surface area contributed by atoms with Gasteiger partial charge < -0.3 is 5.73 Å². The lowest BCUT2D eigenvalue weighted by Crippen LogP contribution is -2.09. The molecule has 0 spiro atoms. The first-order valence-corrected chi connectivity index (χ1v) is 5.26. The van der Waals surface area contributed by atoms with E-state index in [-0.39, 0.29) is 0 Å². The van der Waals surface area contributed by atoms with Crippen LogP contribution in [-0.4, -0.2) is 19.5 Å². The van der Waals surface area contributed by atoms with Crippen LogP contribution in [0, 0.1) is 13.8 Å². The van der Waals surface area contributed by atoms with Gasteiger partial charge in [-0.05, 0) is 13.8 Å². The number of nitrogens with zero attached hydrogens (tertiary/aromatic N) is 4. The monoisotopic (exact) mass is 217 g/mol. The molecule has 2 N–H and O–H groups in total. The molecule has 0 aliphatic rings. The summed E-state index contributed by atoms with van der Waals surface area (Å²) >= 11 is 0. The van der Waals surface area contributed by atoms with Crippen LogP contribution in [0.25, 0.3) is 5.82 Å². The number of aromatic nitrogens is 4. The quantitative estimate of drug-likeness (QED) is 0.826. The minimum atomic E-state index is 0.537. The van der Waals surface area contributed by atoms with E-state index in [9.17, 15) is 0 Å². The molecule has 2 aromatic rings. The molecule has 2 rings (SSSR count). The Balaban J connectivity index is 2.64. The number of nitrogens with two attached hydrogens (primary N) is 1. The van der Waals surface area contributed by atoms with Gasteiger partial charge in [-0.1, -0.05) is 6.92 Å². The number of hydrogen-bond donors (Lipinski definition) is 1. The van der Waals surface area contributed by atoms with Crippen LogP contribution in [0.3, 0.4) is 0 Å². The van der Waals surface area contributed by atoms with Gasteiger partial charge in [0.15, 0.2) is 0 Å². The predicted molar refractivity (Wildman–Crippen MR) is 62.4 cm³/mol. The summed E-state index contributed by atoms with van der Waals surface area (Å²) in [6.07, 6.45) is 4.40. The molecule has 0 aliphatic carbocycles. The third kappa shape index (κ3) is 1.64. The Morgan fingerprint density at radius 1 is 1.31 bits per heavy atom. The van der Waals surface area contributed by atoms with Crippen LogP contribution in [0.2, 0.25) is 0 Å². The second-order valence-corrected chi connectivity index (χ2v) is 3.67. The molecular weight excluding hydrogens is 202 g/mol. The molecular formula is C11H15N5. The van der Waals surface area contributed by atoms with E-state index in [2.05, 4.69) is 15.0 Å². The van der Waals surface area contributed by atoms with Crippen molar-refractivity contribution in [3.05, 3.63) is 29.6 Å². The van der Waals surface area contributed by atoms with Gasteiger partial charge in [-0.2, -0.15) is 0 Å². The van der Waals surface area contributed by atoms with Crippen LogP contribution in [0.4, 0.5) is 5.82 Å². The first-order valence-electron chi connectivity index (χ1n) is 5.26. The summed E-state index contributed by atoms with van der Waals surface area (Å²) in [6.45, 7) is 5.86. The van der Waals surface area contributed by atoms with E-state index in [0.717, 1.165) is 29.5 Å². The lowest BCUT2D eigenvalue weighted by Gasteiger charge is -2.10. The Morgan fingerprint density at radius 3 is 2.62 bits per heavy atom. The molecule has 5 heteroatoms. The van der Waals surface area contributed by atoms with Crippen molar-refractivity contribution in [2.24, 2.45) is 0 Å². The van der Waals surface area contributed by atoms with Gasteiger partial charge in [0, 0.05) is 24.4 Å². The van der Waals surface area contributed by atoms with Crippen molar-refractivity contribution >= 4 is 5.82 Å². The molecule has 0 unspecified atom stereocenters. The van der Waals surface area contributed by atoms with Crippen molar-refractivity contribution in [1.29, 1.82) is 0 Å². The van der Waals surface area contributed by atoms with Crippen LogP contribution in [-0.2, 0) is 6.42 Å². The Hall–Kier alpha value is -1.91. The molecule has 0 aromatic carbocycles. The Kier molecular flexibility index (Phi) is 2.60. The topological polar surface area (TPSA) is 69.6 Å². The maximum absolute atomic E-state index is 5.87. The summed E-state index contributed by atoms with van der Waals surface area (Å²) in [5.41, 5.74) is 6.76. The smallest absolute Gasteiger partial charge is 0.146 e. The first-order chi connectivity index (χ1) is 7.63. The molecule has 0 radical (unpaired) electrons. The van der Waals surface area contributed by atoms with Gasteiger partial charge in [0.2, 0.25) is 0 Å². The SMILES string of the molecule is CCc1nc(N)c(C)c(-n2ccnc2C)n1. The van der Waals surface area contributed by atoms with Gasteiger partial charge in [0.25, 0.3) is 0 Å². The Morgan fingerprint density at radius 2 is 2.06 bits per heavy atom. The summed E-state index contributed by atoms with van der Waals surface area (Å²) in [5, 5.41) is 0. The molecule has 2 heterocycles. The average Bonchev–Trinajstić information content (AvgIpc) is 2.68. The molecule has 16 heavy (non-hydrogen) atoms. The van der Waals surface area contributed by atoms with Crippen molar-refractivity contribution in [1.82, 2.24) is 19.5 Å². The normalized spacial score (nSPS) is 10.7. The minimum absolute atomic E-state index is 0.537. The van der Waals surface area contributed by atoms with Gasteiger partial charge in [0.05, 0.1) is 0 Å². The second kappa shape index (κ2) is 3.92. The maximum Gasteiger partial charge on any atom is 0.146 e. The molecule has 0 aliphatic heterocycles. The zero-order valence-electron chi connectivity index (χ0n) is 9.73. The van der Waals surface area contributed by atoms with E-state index in [4.69, 9.17) is 5.73 Å². The van der Waals surface area contributed by atoms with E-state index in [1.165, 1.54) is 0 Å². The Bertz CT molecular complexity index is 515. The largest absolute Gasteiger partial charge is 0.383 e. The van der Waals surface area contributed by atoms with Crippen molar-refractivity contribution in [3.63, 3.8) is 0 Å². The third-order valence-corrected chi connectivity index (χ3v) is 2.57. The number of nitrogen functional groups attached to an aromatic ring is 1. The molecule has 5 nitrogen and oxygen atoms in total. The van der Waals surface area contributed by atoms with Crippen molar-refractivity contribution in [2.45, 2.75) is 27.2 Å².